The van der Waals surface area contributed by atoms with E-state index in [4.69, 9.17) is 10.7 Å². The average Bonchev–Trinajstić information content (AvgIpc) is 3.05. The Morgan fingerprint density at radius 3 is 2.95 bits per heavy atom. The summed E-state index contributed by atoms with van der Waals surface area (Å²) >= 11 is 5.13. The number of nitrogens with two attached hydrogens (primary N) is 1. The van der Waals surface area contributed by atoms with Crippen molar-refractivity contribution < 1.29 is 0 Å². The van der Waals surface area contributed by atoms with Gasteiger partial charge < -0.3 is 5.73 Å². The lowest BCUT2D eigenvalue weighted by molar-refractivity contribution is 1.11. The molecule has 20 heavy (non-hydrogen) atoms. The highest BCUT2D eigenvalue weighted by atomic mass is 32.2. The van der Waals surface area contributed by atoms with Crippen LogP contribution in [0.1, 0.15) is 18.9 Å². The number of thiazole rings is 1. The minimum atomic E-state index is 0.888. The lowest BCUT2D eigenvalue weighted by Gasteiger charge is -2.01. The Bertz CT molecular complexity index is 732. The van der Waals surface area contributed by atoms with Crippen LogP contribution in [-0.2, 0) is 0 Å². The van der Waals surface area contributed by atoms with Crippen LogP contribution in [0.25, 0.3) is 20.9 Å². The van der Waals surface area contributed by atoms with Crippen LogP contribution in [0.5, 0.6) is 0 Å². The number of hydrogen-bond acceptors (Lipinski definition) is 6. The number of aryl methyl sites for hydroxylation is 1. The molecule has 2 N–H and O–H groups in total. The van der Waals surface area contributed by atoms with Crippen LogP contribution in [0.15, 0.2) is 21.9 Å². The molecule has 0 aliphatic heterocycles. The first-order valence-electron chi connectivity index (χ1n) is 6.43. The van der Waals surface area contributed by atoms with Crippen LogP contribution >= 0.6 is 34.4 Å². The number of fused-ring (bicyclic) bond motifs is 1. The van der Waals surface area contributed by atoms with Crippen molar-refractivity contribution >= 4 is 50.3 Å². The summed E-state index contributed by atoms with van der Waals surface area (Å²) in [7, 11) is 0. The molecule has 0 radical (unpaired) electrons. The van der Waals surface area contributed by atoms with E-state index in [1.807, 2.05) is 23.3 Å². The SMILES string of the molecule is CCCSc1sc2nc(-c3nccs3)cc(C)c2c1N. The molecule has 0 aromatic carbocycles. The van der Waals surface area contributed by atoms with E-state index in [2.05, 4.69) is 24.9 Å². The molecule has 3 nitrogen and oxygen atoms in total. The molecule has 3 heterocycles. The van der Waals surface area contributed by atoms with E-state index in [1.165, 1.54) is 9.77 Å². The summed E-state index contributed by atoms with van der Waals surface area (Å²) in [5, 5.41) is 4.04. The maximum Gasteiger partial charge on any atom is 0.141 e. The zero-order valence-electron chi connectivity index (χ0n) is 11.3. The van der Waals surface area contributed by atoms with Crippen LogP contribution in [0, 0.1) is 6.92 Å². The summed E-state index contributed by atoms with van der Waals surface area (Å²) in [6, 6.07) is 2.08. The smallest absolute Gasteiger partial charge is 0.141 e. The molecule has 0 atom stereocenters. The Morgan fingerprint density at radius 1 is 1.40 bits per heavy atom. The van der Waals surface area contributed by atoms with Crippen molar-refractivity contribution in [1.29, 1.82) is 0 Å². The van der Waals surface area contributed by atoms with Gasteiger partial charge in [0.05, 0.1) is 9.90 Å². The lowest BCUT2D eigenvalue weighted by atomic mass is 10.1. The molecule has 0 aliphatic rings. The van der Waals surface area contributed by atoms with E-state index in [9.17, 15) is 0 Å². The van der Waals surface area contributed by atoms with E-state index in [-0.39, 0.29) is 0 Å². The van der Waals surface area contributed by atoms with E-state index >= 15 is 0 Å². The molecule has 0 aliphatic carbocycles. The van der Waals surface area contributed by atoms with Crippen molar-refractivity contribution in [2.45, 2.75) is 24.5 Å². The predicted octanol–water partition coefficient (Wildman–Crippen LogP) is 4.81. The Kier molecular flexibility index (Phi) is 3.96. The number of aromatic nitrogens is 2. The summed E-state index contributed by atoms with van der Waals surface area (Å²) in [6.07, 6.45) is 2.96. The van der Waals surface area contributed by atoms with Crippen molar-refractivity contribution in [2.24, 2.45) is 0 Å². The van der Waals surface area contributed by atoms with Gasteiger partial charge in [-0.05, 0) is 30.7 Å². The largest absolute Gasteiger partial charge is 0.397 e. The number of pyridine rings is 1. The van der Waals surface area contributed by atoms with Gasteiger partial charge in [0, 0.05) is 17.0 Å². The van der Waals surface area contributed by atoms with Crippen molar-refractivity contribution in [3.05, 3.63) is 23.2 Å². The first-order chi connectivity index (χ1) is 9.70. The first-order valence-corrected chi connectivity index (χ1v) is 9.11. The average molecular weight is 321 g/mol. The minimum Gasteiger partial charge on any atom is -0.397 e. The second-order valence-corrected chi connectivity index (χ2v) is 7.75. The van der Waals surface area contributed by atoms with Crippen LogP contribution in [0.4, 0.5) is 5.69 Å². The highest BCUT2D eigenvalue weighted by Crippen LogP contribution is 2.42. The standard InChI is InChI=1S/C14H15N3S3/c1-3-5-19-14-11(15)10-8(2)7-9(17-13(10)20-14)12-16-4-6-18-12/h4,6-7H,3,5,15H2,1-2H3. The third kappa shape index (κ3) is 2.43. The number of nitrogen functional groups attached to an aromatic ring is 1. The van der Waals surface area contributed by atoms with Gasteiger partial charge in [0.15, 0.2) is 0 Å². The predicted molar refractivity (Wildman–Crippen MR) is 90.9 cm³/mol. The zero-order chi connectivity index (χ0) is 14.1. The maximum atomic E-state index is 6.29. The summed E-state index contributed by atoms with van der Waals surface area (Å²) < 4.78 is 1.19. The third-order valence-electron chi connectivity index (χ3n) is 2.95. The molecule has 0 saturated heterocycles. The third-order valence-corrected chi connectivity index (χ3v) is 6.34. The molecule has 0 spiro atoms. The number of rotatable bonds is 4. The molecule has 3 aromatic heterocycles. The zero-order valence-corrected chi connectivity index (χ0v) is 13.8. The summed E-state index contributed by atoms with van der Waals surface area (Å²) in [6.45, 7) is 4.28. The number of hydrogen-bond donors (Lipinski definition) is 1. The highest BCUT2D eigenvalue weighted by molar-refractivity contribution is 8.01. The molecule has 104 valence electrons. The molecular formula is C14H15N3S3. The molecule has 0 unspecified atom stereocenters. The molecule has 6 heteroatoms. The van der Waals surface area contributed by atoms with Crippen molar-refractivity contribution in [3.8, 4) is 10.7 Å². The Morgan fingerprint density at radius 2 is 2.25 bits per heavy atom. The Balaban J connectivity index is 2.12. The fraction of sp³-hybridized carbons (Fsp3) is 0.286. The second-order valence-electron chi connectivity index (χ2n) is 4.49. The van der Waals surface area contributed by atoms with Gasteiger partial charge in [0.2, 0.25) is 0 Å². The molecule has 3 rings (SSSR count). The normalized spacial score (nSPS) is 11.3. The van der Waals surface area contributed by atoms with E-state index in [1.54, 1.807) is 22.7 Å². The number of anilines is 1. The summed E-state index contributed by atoms with van der Waals surface area (Å²) in [4.78, 5) is 10.1. The fourth-order valence-electron chi connectivity index (χ4n) is 2.05. The Labute approximate surface area is 130 Å². The van der Waals surface area contributed by atoms with E-state index in [0.29, 0.717) is 0 Å². The number of nitrogens with zero attached hydrogens (tertiary/aromatic N) is 2. The van der Waals surface area contributed by atoms with Crippen molar-refractivity contribution in [3.63, 3.8) is 0 Å². The van der Waals surface area contributed by atoms with Crippen molar-refractivity contribution in [1.82, 2.24) is 9.97 Å². The maximum absolute atomic E-state index is 6.29. The molecule has 0 amide bonds. The quantitative estimate of drug-likeness (QED) is 0.700. The van der Waals surface area contributed by atoms with Crippen LogP contribution in [-0.4, -0.2) is 15.7 Å². The summed E-state index contributed by atoms with van der Waals surface area (Å²) in [5.41, 5.74) is 9.29. The lowest BCUT2D eigenvalue weighted by Crippen LogP contribution is -1.89. The van der Waals surface area contributed by atoms with Gasteiger partial charge >= 0.3 is 0 Å². The van der Waals surface area contributed by atoms with E-state index < -0.39 is 0 Å². The first kappa shape index (κ1) is 13.9. The van der Waals surface area contributed by atoms with Gasteiger partial charge in [-0.1, -0.05) is 6.92 Å². The molecular weight excluding hydrogens is 306 g/mol. The van der Waals surface area contributed by atoms with Gasteiger partial charge in [0.1, 0.15) is 15.5 Å². The van der Waals surface area contributed by atoms with Gasteiger partial charge in [-0.15, -0.1) is 34.4 Å². The van der Waals surface area contributed by atoms with Crippen LogP contribution < -0.4 is 5.73 Å². The number of thioether (sulfide) groups is 1. The molecule has 0 fully saturated rings. The topological polar surface area (TPSA) is 51.8 Å². The van der Waals surface area contributed by atoms with Gasteiger partial charge in [-0.2, -0.15) is 0 Å². The fourth-order valence-corrected chi connectivity index (χ4v) is 4.92. The van der Waals surface area contributed by atoms with E-state index in [0.717, 1.165) is 38.8 Å². The molecule has 3 aromatic rings. The molecule has 0 bridgehead atoms. The van der Waals surface area contributed by atoms with Gasteiger partial charge in [-0.25, -0.2) is 9.97 Å². The molecule has 0 saturated carbocycles. The minimum absolute atomic E-state index is 0.888. The summed E-state index contributed by atoms with van der Waals surface area (Å²) in [5.74, 6) is 1.09. The monoisotopic (exact) mass is 321 g/mol. The number of thiophene rings is 1. The Hall–Kier alpha value is -1.11. The van der Waals surface area contributed by atoms with Crippen LogP contribution in [0.2, 0.25) is 0 Å². The van der Waals surface area contributed by atoms with Crippen LogP contribution in [0.3, 0.4) is 0 Å². The second kappa shape index (κ2) is 5.71. The van der Waals surface area contributed by atoms with Crippen molar-refractivity contribution in [2.75, 3.05) is 11.5 Å². The van der Waals surface area contributed by atoms with Gasteiger partial charge in [0.25, 0.3) is 0 Å². The highest BCUT2D eigenvalue weighted by Gasteiger charge is 2.15. The van der Waals surface area contributed by atoms with Gasteiger partial charge in [-0.3, -0.25) is 0 Å².